The average molecular weight is 318 g/mol. The second-order valence-electron chi connectivity index (χ2n) is 2.21. The summed E-state index contributed by atoms with van der Waals surface area (Å²) >= 11 is -2.94. The van der Waals surface area contributed by atoms with Gasteiger partial charge < -0.3 is 11.0 Å². The summed E-state index contributed by atoms with van der Waals surface area (Å²) in [5.41, 5.74) is 0. The van der Waals surface area contributed by atoms with E-state index in [4.69, 9.17) is 26.8 Å². The largest absolute Gasteiger partial charge is 0.412 e. The van der Waals surface area contributed by atoms with Gasteiger partial charge >= 0.3 is 66.0 Å². The molecule has 0 heterocycles. The van der Waals surface area contributed by atoms with Gasteiger partial charge in [-0.1, -0.05) is 0 Å². The molecular formula is C4H13Cl3O2Sn. The van der Waals surface area contributed by atoms with Crippen LogP contribution in [0.25, 0.3) is 0 Å². The van der Waals surface area contributed by atoms with Gasteiger partial charge in [0.05, 0.1) is 0 Å². The molecule has 2 nitrogen and oxygen atoms in total. The van der Waals surface area contributed by atoms with Crippen molar-refractivity contribution < 1.29 is 11.0 Å². The Bertz CT molecular complexity index is 73.4. The van der Waals surface area contributed by atoms with Gasteiger partial charge in [-0.05, 0) is 0 Å². The van der Waals surface area contributed by atoms with Crippen molar-refractivity contribution in [3.8, 4) is 0 Å². The molecule has 0 rings (SSSR count). The Morgan fingerprint density at radius 3 is 1.40 bits per heavy atom. The third-order valence-electron chi connectivity index (χ3n) is 0.640. The van der Waals surface area contributed by atoms with Crippen LogP contribution in [0.4, 0.5) is 0 Å². The molecule has 0 atom stereocenters. The minimum Gasteiger partial charge on any atom is -0.412 e. The second-order valence-corrected chi connectivity index (χ2v) is 23.8. The summed E-state index contributed by atoms with van der Waals surface area (Å²) in [6.07, 6.45) is 0. The molecule has 66 valence electrons. The fourth-order valence-corrected chi connectivity index (χ4v) is 9.32. The molecule has 0 aromatic carbocycles. The molecule has 4 N–H and O–H groups in total. The molecule has 0 aliphatic carbocycles. The van der Waals surface area contributed by atoms with Crippen LogP contribution in [0.3, 0.4) is 0 Å². The Morgan fingerprint density at radius 2 is 1.40 bits per heavy atom. The van der Waals surface area contributed by atoms with Gasteiger partial charge in [0.15, 0.2) is 0 Å². The maximum atomic E-state index is 5.67. The SMILES string of the molecule is CC(C)[CH2][Sn]([Cl])([Cl])[Cl].O.O. The van der Waals surface area contributed by atoms with E-state index in [1.54, 1.807) is 0 Å². The topological polar surface area (TPSA) is 63.0 Å². The zero-order valence-corrected chi connectivity index (χ0v) is 11.0. The normalized spacial score (nSPS) is 10.2. The minimum atomic E-state index is -2.94. The van der Waals surface area contributed by atoms with Crippen molar-refractivity contribution >= 4 is 41.8 Å². The van der Waals surface area contributed by atoms with E-state index in [1.165, 1.54) is 0 Å². The van der Waals surface area contributed by atoms with Crippen LogP contribution in [0, 0.1) is 5.92 Å². The van der Waals surface area contributed by atoms with E-state index in [-0.39, 0.29) is 11.0 Å². The number of rotatable bonds is 2. The summed E-state index contributed by atoms with van der Waals surface area (Å²) in [6, 6.07) is 0. The summed E-state index contributed by atoms with van der Waals surface area (Å²) in [5, 5.41) is 0. The minimum absolute atomic E-state index is 0. The molecular weight excluding hydrogens is 305 g/mol. The molecule has 10 heavy (non-hydrogen) atoms. The Labute approximate surface area is 76.5 Å². The van der Waals surface area contributed by atoms with E-state index < -0.39 is 15.0 Å². The monoisotopic (exact) mass is 318 g/mol. The fraction of sp³-hybridized carbons (Fsp3) is 1.00. The summed E-state index contributed by atoms with van der Waals surface area (Å²) in [5.74, 6) is 0.540. The number of hydrogen-bond acceptors (Lipinski definition) is 0. The summed E-state index contributed by atoms with van der Waals surface area (Å²) in [4.78, 5) is 0. The van der Waals surface area contributed by atoms with Crippen LogP contribution >= 0.6 is 26.8 Å². The van der Waals surface area contributed by atoms with Crippen LogP contribution in [0.15, 0.2) is 0 Å². The second kappa shape index (κ2) is 7.25. The van der Waals surface area contributed by atoms with Crippen LogP contribution in [0.1, 0.15) is 13.8 Å². The summed E-state index contributed by atoms with van der Waals surface area (Å²) in [7, 11) is 17.0. The first-order valence-corrected chi connectivity index (χ1v) is 15.3. The molecule has 0 saturated heterocycles. The number of halogens is 3. The van der Waals surface area contributed by atoms with Crippen molar-refractivity contribution in [2.75, 3.05) is 0 Å². The molecule has 0 radical (unpaired) electrons. The Kier molecular flexibility index (Phi) is 12.8. The van der Waals surface area contributed by atoms with Gasteiger partial charge in [-0.3, -0.25) is 0 Å². The van der Waals surface area contributed by atoms with Crippen molar-refractivity contribution in [3.05, 3.63) is 0 Å². The number of hydrogen-bond donors (Lipinski definition) is 0. The van der Waals surface area contributed by atoms with Crippen LogP contribution in [0.5, 0.6) is 0 Å². The molecule has 0 unspecified atom stereocenters. The van der Waals surface area contributed by atoms with Gasteiger partial charge in [-0.15, -0.1) is 0 Å². The zero-order valence-electron chi connectivity index (χ0n) is 5.92. The van der Waals surface area contributed by atoms with E-state index in [1.807, 2.05) is 0 Å². The van der Waals surface area contributed by atoms with Gasteiger partial charge in [-0.25, -0.2) is 0 Å². The Morgan fingerprint density at radius 1 is 1.10 bits per heavy atom. The Balaban J connectivity index is -0.000000245. The quantitative estimate of drug-likeness (QED) is 0.695. The van der Waals surface area contributed by atoms with E-state index in [0.29, 0.717) is 5.92 Å². The van der Waals surface area contributed by atoms with Crippen LogP contribution in [-0.2, 0) is 0 Å². The molecule has 0 aliphatic rings. The van der Waals surface area contributed by atoms with E-state index in [2.05, 4.69) is 13.8 Å². The van der Waals surface area contributed by atoms with Crippen molar-refractivity contribution in [3.63, 3.8) is 0 Å². The fourth-order valence-electron chi connectivity index (χ4n) is 0.463. The van der Waals surface area contributed by atoms with Crippen LogP contribution < -0.4 is 0 Å². The van der Waals surface area contributed by atoms with Crippen LogP contribution in [0.2, 0.25) is 4.44 Å². The molecule has 0 bridgehead atoms. The van der Waals surface area contributed by atoms with E-state index >= 15 is 0 Å². The third-order valence-corrected chi connectivity index (χ3v) is 7.40. The molecule has 0 aromatic rings. The first kappa shape index (κ1) is 17.6. The Hall–Kier alpha value is 1.59. The maximum absolute atomic E-state index is 5.67. The van der Waals surface area contributed by atoms with Crippen molar-refractivity contribution in [1.82, 2.24) is 0 Å². The molecule has 0 aromatic heterocycles. The van der Waals surface area contributed by atoms with Gasteiger partial charge in [-0.2, -0.15) is 0 Å². The maximum Gasteiger partial charge on any atom is -0.412 e. The standard InChI is InChI=1S/C4H9.3ClH.2H2O.Sn/c1-4(2)3;;;;;;/h4H,1H2,2-3H3;3*1H;2*1H2;/q;;;;;;+3/p-3. The zero-order chi connectivity index (χ0) is 6.78. The molecule has 0 saturated carbocycles. The van der Waals surface area contributed by atoms with E-state index in [9.17, 15) is 0 Å². The first-order chi connectivity index (χ1) is 3.42. The van der Waals surface area contributed by atoms with E-state index in [0.717, 1.165) is 4.44 Å². The third kappa shape index (κ3) is 16.3. The predicted molar refractivity (Wildman–Crippen MR) is 50.2 cm³/mol. The van der Waals surface area contributed by atoms with Crippen molar-refractivity contribution in [1.29, 1.82) is 0 Å². The molecule has 0 fully saturated rings. The molecule has 0 aliphatic heterocycles. The first-order valence-electron chi connectivity index (χ1n) is 2.48. The van der Waals surface area contributed by atoms with Crippen molar-refractivity contribution in [2.45, 2.75) is 18.3 Å². The average Bonchev–Trinajstić information content (AvgIpc) is 1.21. The van der Waals surface area contributed by atoms with Crippen molar-refractivity contribution in [2.24, 2.45) is 5.92 Å². The molecule has 6 heteroatoms. The van der Waals surface area contributed by atoms with Gasteiger partial charge in [0.1, 0.15) is 0 Å². The molecule has 0 amide bonds. The summed E-state index contributed by atoms with van der Waals surface area (Å²) in [6.45, 7) is 4.14. The van der Waals surface area contributed by atoms with Gasteiger partial charge in [0.2, 0.25) is 0 Å². The summed E-state index contributed by atoms with van der Waals surface area (Å²) < 4.78 is 0.833. The predicted octanol–water partition coefficient (Wildman–Crippen LogP) is 1.65. The molecule has 0 spiro atoms. The van der Waals surface area contributed by atoms with Gasteiger partial charge in [0, 0.05) is 0 Å². The van der Waals surface area contributed by atoms with Crippen LogP contribution in [-0.4, -0.2) is 25.9 Å². The smallest absolute Gasteiger partial charge is 0.412 e. The van der Waals surface area contributed by atoms with Gasteiger partial charge in [0.25, 0.3) is 0 Å².